The summed E-state index contributed by atoms with van der Waals surface area (Å²) in [4.78, 5) is 47.8. The van der Waals surface area contributed by atoms with E-state index in [0.717, 1.165) is 0 Å². The molecule has 12 nitrogen and oxygen atoms in total. The zero-order chi connectivity index (χ0) is 27.3. The van der Waals surface area contributed by atoms with Crippen LogP contribution in [0.4, 0.5) is 21.9 Å². The monoisotopic (exact) mass is 507 g/mol. The van der Waals surface area contributed by atoms with E-state index in [2.05, 4.69) is 10.6 Å². The Labute approximate surface area is 211 Å². The van der Waals surface area contributed by atoms with Gasteiger partial charge in [0.1, 0.15) is 0 Å². The van der Waals surface area contributed by atoms with E-state index in [1.165, 1.54) is 62.8 Å². The van der Waals surface area contributed by atoms with Crippen LogP contribution in [0.3, 0.4) is 0 Å². The number of ether oxygens (including phenoxy) is 2. The van der Waals surface area contributed by atoms with E-state index in [0.29, 0.717) is 11.3 Å². The van der Waals surface area contributed by atoms with Crippen molar-refractivity contribution in [2.75, 3.05) is 24.9 Å². The van der Waals surface area contributed by atoms with E-state index in [1.54, 1.807) is 19.1 Å². The highest BCUT2D eigenvalue weighted by atomic mass is 16.6. The number of benzene rings is 3. The average molecular weight is 508 g/mol. The Bertz CT molecular complexity index is 1370. The third-order valence-electron chi connectivity index (χ3n) is 5.86. The molecule has 0 spiro atoms. The lowest BCUT2D eigenvalue weighted by Gasteiger charge is -2.30. The van der Waals surface area contributed by atoms with E-state index < -0.39 is 28.2 Å². The Morgan fingerprint density at radius 3 is 2.03 bits per heavy atom. The average Bonchev–Trinajstić information content (AvgIpc) is 2.87. The smallest absolute Gasteiger partial charge is 0.323 e. The van der Waals surface area contributed by atoms with Crippen LogP contribution < -0.4 is 31.6 Å². The second-order valence-corrected chi connectivity index (χ2v) is 8.07. The first-order valence-electron chi connectivity index (χ1n) is 10.8. The molecule has 1 atom stereocenters. The van der Waals surface area contributed by atoms with Crippen LogP contribution in [-0.2, 0) is 10.2 Å². The summed E-state index contributed by atoms with van der Waals surface area (Å²) in [6, 6.07) is 13.9. The summed E-state index contributed by atoms with van der Waals surface area (Å²) < 4.78 is 10.6. The molecule has 0 saturated heterocycles. The molecule has 0 bridgehead atoms. The number of nitrogens with zero attached hydrogens (tertiary/aromatic N) is 1. The van der Waals surface area contributed by atoms with Crippen molar-refractivity contribution < 1.29 is 28.8 Å². The van der Waals surface area contributed by atoms with Gasteiger partial charge in [0.15, 0.2) is 11.5 Å². The van der Waals surface area contributed by atoms with Crippen molar-refractivity contribution in [1.29, 1.82) is 0 Å². The van der Waals surface area contributed by atoms with Crippen LogP contribution in [0.1, 0.15) is 28.4 Å². The quantitative estimate of drug-likeness (QED) is 0.253. The minimum atomic E-state index is -1.51. The van der Waals surface area contributed by atoms with Crippen LogP contribution in [0.2, 0.25) is 0 Å². The van der Waals surface area contributed by atoms with Gasteiger partial charge in [0.25, 0.3) is 5.69 Å². The number of hydrogen-bond acceptors (Lipinski definition) is 7. The molecule has 0 fully saturated rings. The zero-order valence-electron chi connectivity index (χ0n) is 20.2. The maximum absolute atomic E-state index is 12.8. The highest BCUT2D eigenvalue weighted by Gasteiger charge is 2.39. The third-order valence-corrected chi connectivity index (χ3v) is 5.86. The lowest BCUT2D eigenvalue weighted by molar-refractivity contribution is -0.384. The molecule has 3 rings (SSSR count). The van der Waals surface area contributed by atoms with Gasteiger partial charge in [0.05, 0.1) is 24.6 Å². The van der Waals surface area contributed by atoms with Crippen molar-refractivity contribution in [3.8, 4) is 11.5 Å². The van der Waals surface area contributed by atoms with Crippen molar-refractivity contribution in [1.82, 2.24) is 0 Å². The van der Waals surface area contributed by atoms with E-state index in [1.807, 2.05) is 0 Å². The first-order chi connectivity index (χ1) is 17.5. The SMILES string of the molecule is COc1cc(C(N)=O)c(C(C)(C(N)=O)c2ccc(NC(=O)Nc3cccc([N+](=O)[O-])c3)cc2)cc1OC. The van der Waals surface area contributed by atoms with E-state index in [-0.39, 0.29) is 34.0 Å². The Morgan fingerprint density at radius 1 is 0.892 bits per heavy atom. The number of amides is 4. The molecule has 37 heavy (non-hydrogen) atoms. The molecule has 3 aromatic rings. The summed E-state index contributed by atoms with van der Waals surface area (Å²) in [5.41, 5.74) is 11.0. The number of nitro benzene ring substituents is 1. The highest BCUT2D eigenvalue weighted by Crippen LogP contribution is 2.40. The van der Waals surface area contributed by atoms with Gasteiger partial charge in [-0.1, -0.05) is 18.2 Å². The Balaban J connectivity index is 1.92. The van der Waals surface area contributed by atoms with Gasteiger partial charge in [-0.3, -0.25) is 19.7 Å². The number of hydrogen-bond donors (Lipinski definition) is 4. The standard InChI is InChI=1S/C25H25N5O7/c1-25(23(27)32,19-13-21(37-3)20(36-2)12-18(19)22(26)31)14-7-9-15(10-8-14)28-24(33)29-16-5-4-6-17(11-16)30(34)35/h4-13H,1-3H3,(H2,26,31)(H2,27,32)(H2,28,29,33). The normalized spacial score (nSPS) is 12.1. The summed E-state index contributed by atoms with van der Waals surface area (Å²) in [7, 11) is 2.81. The number of carbonyl (C=O) groups is 3. The topological polar surface area (TPSA) is 189 Å². The summed E-state index contributed by atoms with van der Waals surface area (Å²) in [6.45, 7) is 1.54. The predicted octanol–water partition coefficient (Wildman–Crippen LogP) is 3.15. The molecule has 4 amide bonds. The molecule has 6 N–H and O–H groups in total. The number of nitrogens with one attached hydrogen (secondary N) is 2. The fourth-order valence-corrected chi connectivity index (χ4v) is 3.80. The van der Waals surface area contributed by atoms with Crippen LogP contribution >= 0.6 is 0 Å². The number of urea groups is 1. The van der Waals surface area contributed by atoms with E-state index in [9.17, 15) is 24.5 Å². The number of primary amides is 2. The number of methoxy groups -OCH3 is 2. The molecule has 3 aromatic carbocycles. The number of nitro groups is 1. The van der Waals surface area contributed by atoms with Gasteiger partial charge in [0, 0.05) is 29.1 Å². The number of non-ortho nitro benzene ring substituents is 1. The fraction of sp³-hybridized carbons (Fsp3) is 0.160. The lowest BCUT2D eigenvalue weighted by Crippen LogP contribution is -2.41. The molecule has 0 radical (unpaired) electrons. The first-order valence-corrected chi connectivity index (χ1v) is 10.8. The summed E-state index contributed by atoms with van der Waals surface area (Å²) in [6.07, 6.45) is 0. The van der Waals surface area contributed by atoms with Crippen molar-refractivity contribution in [3.05, 3.63) is 87.5 Å². The second-order valence-electron chi connectivity index (χ2n) is 8.07. The zero-order valence-corrected chi connectivity index (χ0v) is 20.2. The molecule has 12 heteroatoms. The van der Waals surface area contributed by atoms with Crippen LogP contribution in [0.25, 0.3) is 0 Å². The summed E-state index contributed by atoms with van der Waals surface area (Å²) >= 11 is 0. The van der Waals surface area contributed by atoms with Gasteiger partial charge in [-0.2, -0.15) is 0 Å². The minimum Gasteiger partial charge on any atom is -0.493 e. The van der Waals surface area contributed by atoms with E-state index >= 15 is 0 Å². The molecule has 0 aromatic heterocycles. The fourth-order valence-electron chi connectivity index (χ4n) is 3.80. The largest absolute Gasteiger partial charge is 0.493 e. The second kappa shape index (κ2) is 10.6. The molecule has 1 unspecified atom stereocenters. The lowest BCUT2D eigenvalue weighted by atomic mass is 9.73. The van der Waals surface area contributed by atoms with Crippen molar-refractivity contribution in [2.24, 2.45) is 11.5 Å². The maximum atomic E-state index is 12.8. The van der Waals surface area contributed by atoms with Gasteiger partial charge in [-0.25, -0.2) is 4.79 Å². The molecule has 0 aliphatic rings. The predicted molar refractivity (Wildman–Crippen MR) is 136 cm³/mol. The number of rotatable bonds is 9. The molecule has 0 heterocycles. The molecular weight excluding hydrogens is 482 g/mol. The van der Waals surface area contributed by atoms with Gasteiger partial charge in [0.2, 0.25) is 11.8 Å². The first kappa shape index (κ1) is 26.5. The molecule has 0 saturated carbocycles. The molecular formula is C25H25N5O7. The van der Waals surface area contributed by atoms with E-state index in [4.69, 9.17) is 20.9 Å². The van der Waals surface area contributed by atoms with Crippen molar-refractivity contribution in [3.63, 3.8) is 0 Å². The van der Waals surface area contributed by atoms with Crippen LogP contribution in [0.5, 0.6) is 11.5 Å². The van der Waals surface area contributed by atoms with Crippen molar-refractivity contribution in [2.45, 2.75) is 12.3 Å². The number of nitrogens with two attached hydrogens (primary N) is 2. The minimum absolute atomic E-state index is 0.0254. The Hall–Kier alpha value is -5.13. The maximum Gasteiger partial charge on any atom is 0.323 e. The Morgan fingerprint density at radius 2 is 1.49 bits per heavy atom. The van der Waals surface area contributed by atoms with Gasteiger partial charge < -0.3 is 31.6 Å². The Kier molecular flexibility index (Phi) is 7.62. The van der Waals surface area contributed by atoms with Gasteiger partial charge >= 0.3 is 6.03 Å². The number of carbonyl (C=O) groups excluding carboxylic acids is 3. The molecule has 192 valence electrons. The molecule has 0 aliphatic heterocycles. The molecule has 0 aliphatic carbocycles. The van der Waals surface area contributed by atoms with Gasteiger partial charge in [-0.05, 0) is 48.4 Å². The van der Waals surface area contributed by atoms with Crippen LogP contribution in [-0.4, -0.2) is 37.0 Å². The van der Waals surface area contributed by atoms with Crippen LogP contribution in [0.15, 0.2) is 60.7 Å². The number of anilines is 2. The van der Waals surface area contributed by atoms with Gasteiger partial charge in [-0.15, -0.1) is 0 Å². The summed E-state index contributed by atoms with van der Waals surface area (Å²) in [5, 5.41) is 16.0. The van der Waals surface area contributed by atoms with Crippen molar-refractivity contribution >= 4 is 34.9 Å². The third kappa shape index (κ3) is 5.42. The summed E-state index contributed by atoms with van der Waals surface area (Å²) in [5.74, 6) is -1.03. The van der Waals surface area contributed by atoms with Crippen LogP contribution in [0, 0.1) is 10.1 Å². The highest BCUT2D eigenvalue weighted by molar-refractivity contribution is 6.01.